The van der Waals surface area contributed by atoms with Crippen LogP contribution in [0.2, 0.25) is 0 Å². The van der Waals surface area contributed by atoms with Crippen molar-refractivity contribution in [2.45, 2.75) is 33.1 Å². The monoisotopic (exact) mass is 172 g/mol. The molecule has 0 atom stereocenters. The first-order valence-electron chi connectivity index (χ1n) is 5.29. The summed E-state index contributed by atoms with van der Waals surface area (Å²) in [6.45, 7) is 9.14. The lowest BCUT2D eigenvalue weighted by Gasteiger charge is -2.24. The maximum atomic E-state index is 3.22. The van der Waals surface area contributed by atoms with Gasteiger partial charge in [-0.2, -0.15) is 0 Å². The number of likely N-dealkylation sites (tertiary alicyclic amines) is 1. The van der Waals surface area contributed by atoms with E-state index in [-0.39, 0.29) is 0 Å². The molecular weight excluding hydrogens is 148 g/mol. The van der Waals surface area contributed by atoms with Gasteiger partial charge in [-0.05, 0) is 52.5 Å². The SMILES string of the molecule is C1CCNC1.CC.CN1CCC1. The highest BCUT2D eigenvalue weighted by Crippen LogP contribution is 1.98. The summed E-state index contributed by atoms with van der Waals surface area (Å²) in [6, 6.07) is 0. The second-order valence-electron chi connectivity index (χ2n) is 3.11. The van der Waals surface area contributed by atoms with Gasteiger partial charge in [-0.1, -0.05) is 13.8 Å². The number of nitrogens with zero attached hydrogens (tertiary/aromatic N) is 1. The van der Waals surface area contributed by atoms with E-state index in [1.807, 2.05) is 13.8 Å². The molecule has 2 aliphatic heterocycles. The third kappa shape index (κ3) is 6.62. The summed E-state index contributed by atoms with van der Waals surface area (Å²) in [5.41, 5.74) is 0. The maximum Gasteiger partial charge on any atom is -0.000959 e. The number of rotatable bonds is 0. The van der Waals surface area contributed by atoms with E-state index in [9.17, 15) is 0 Å². The molecule has 2 nitrogen and oxygen atoms in total. The van der Waals surface area contributed by atoms with Crippen molar-refractivity contribution in [3.8, 4) is 0 Å². The van der Waals surface area contributed by atoms with Crippen molar-refractivity contribution >= 4 is 0 Å². The van der Waals surface area contributed by atoms with Gasteiger partial charge in [0.2, 0.25) is 0 Å². The van der Waals surface area contributed by atoms with Gasteiger partial charge in [-0.25, -0.2) is 0 Å². The molecule has 2 aliphatic rings. The Bertz CT molecular complexity index is 68.3. The molecular formula is C10H24N2. The zero-order chi connectivity index (χ0) is 9.23. The van der Waals surface area contributed by atoms with Crippen molar-refractivity contribution < 1.29 is 0 Å². The Balaban J connectivity index is 0.000000168. The number of hydrogen-bond donors (Lipinski definition) is 1. The molecule has 1 N–H and O–H groups in total. The standard InChI is InChI=1S/2C4H9N.C2H6/c1-5-3-2-4-5;1-2-4-5-3-1;1-2/h2-4H2,1H3;5H,1-4H2;1-2H3. The summed E-state index contributed by atoms with van der Waals surface area (Å²) in [4.78, 5) is 2.31. The van der Waals surface area contributed by atoms with Crippen molar-refractivity contribution in [2.75, 3.05) is 33.2 Å². The number of nitrogens with one attached hydrogen (secondary N) is 1. The summed E-state index contributed by atoms with van der Waals surface area (Å²) in [6.07, 6.45) is 4.19. The Morgan fingerprint density at radius 1 is 0.917 bits per heavy atom. The van der Waals surface area contributed by atoms with Crippen molar-refractivity contribution in [3.05, 3.63) is 0 Å². The summed E-state index contributed by atoms with van der Waals surface area (Å²) in [7, 11) is 2.14. The van der Waals surface area contributed by atoms with E-state index in [1.165, 1.54) is 45.4 Å². The molecule has 0 amide bonds. The van der Waals surface area contributed by atoms with E-state index < -0.39 is 0 Å². The first-order chi connectivity index (χ1) is 5.89. The first kappa shape index (κ1) is 11.9. The Labute approximate surface area is 77.3 Å². The van der Waals surface area contributed by atoms with Crippen LogP contribution in [-0.4, -0.2) is 38.1 Å². The fourth-order valence-corrected chi connectivity index (χ4v) is 1.10. The topological polar surface area (TPSA) is 15.3 Å². The zero-order valence-electron chi connectivity index (χ0n) is 8.90. The van der Waals surface area contributed by atoms with E-state index in [4.69, 9.17) is 0 Å². The van der Waals surface area contributed by atoms with Crippen LogP contribution in [0.3, 0.4) is 0 Å². The van der Waals surface area contributed by atoms with E-state index in [1.54, 1.807) is 0 Å². The van der Waals surface area contributed by atoms with Crippen molar-refractivity contribution in [1.82, 2.24) is 10.2 Å². The molecule has 2 heteroatoms. The summed E-state index contributed by atoms with van der Waals surface area (Å²) in [5.74, 6) is 0. The van der Waals surface area contributed by atoms with Gasteiger partial charge in [0.15, 0.2) is 0 Å². The van der Waals surface area contributed by atoms with Gasteiger partial charge >= 0.3 is 0 Å². The molecule has 0 saturated carbocycles. The third-order valence-electron chi connectivity index (χ3n) is 2.04. The lowest BCUT2D eigenvalue weighted by atomic mass is 10.3. The van der Waals surface area contributed by atoms with Crippen LogP contribution in [0.4, 0.5) is 0 Å². The second kappa shape index (κ2) is 9.01. The quantitative estimate of drug-likeness (QED) is 0.598. The molecule has 2 rings (SSSR count). The van der Waals surface area contributed by atoms with Crippen molar-refractivity contribution in [2.24, 2.45) is 0 Å². The van der Waals surface area contributed by atoms with Crippen LogP contribution in [0.15, 0.2) is 0 Å². The minimum atomic E-state index is 1.25. The molecule has 74 valence electrons. The summed E-state index contributed by atoms with van der Waals surface area (Å²) >= 11 is 0. The van der Waals surface area contributed by atoms with E-state index in [0.717, 1.165) is 0 Å². The second-order valence-corrected chi connectivity index (χ2v) is 3.11. The summed E-state index contributed by atoms with van der Waals surface area (Å²) < 4.78 is 0. The van der Waals surface area contributed by atoms with Crippen LogP contribution in [-0.2, 0) is 0 Å². The molecule has 0 aromatic heterocycles. The largest absolute Gasteiger partial charge is 0.317 e. The molecule has 0 bridgehead atoms. The highest BCUT2D eigenvalue weighted by molar-refractivity contribution is 4.61. The summed E-state index contributed by atoms with van der Waals surface area (Å²) in [5, 5.41) is 3.22. The molecule has 0 unspecified atom stereocenters. The first-order valence-corrected chi connectivity index (χ1v) is 5.29. The van der Waals surface area contributed by atoms with E-state index in [0.29, 0.717) is 0 Å². The van der Waals surface area contributed by atoms with Gasteiger partial charge in [0, 0.05) is 0 Å². The lowest BCUT2D eigenvalue weighted by molar-refractivity contribution is 0.229. The van der Waals surface area contributed by atoms with Crippen LogP contribution in [0.5, 0.6) is 0 Å². The normalized spacial score (nSPS) is 21.2. The molecule has 2 heterocycles. The average Bonchev–Trinajstić information content (AvgIpc) is 2.62. The van der Waals surface area contributed by atoms with Crippen molar-refractivity contribution in [3.63, 3.8) is 0 Å². The molecule has 0 aromatic rings. The van der Waals surface area contributed by atoms with Crippen LogP contribution < -0.4 is 5.32 Å². The molecule has 0 radical (unpaired) electrons. The zero-order valence-corrected chi connectivity index (χ0v) is 8.90. The average molecular weight is 172 g/mol. The van der Waals surface area contributed by atoms with Gasteiger partial charge in [-0.15, -0.1) is 0 Å². The highest BCUT2D eigenvalue weighted by Gasteiger charge is 2.04. The number of hydrogen-bond acceptors (Lipinski definition) is 2. The van der Waals surface area contributed by atoms with Crippen LogP contribution in [0.1, 0.15) is 33.1 Å². The fourth-order valence-electron chi connectivity index (χ4n) is 1.10. The predicted molar refractivity (Wildman–Crippen MR) is 55.6 cm³/mol. The van der Waals surface area contributed by atoms with Gasteiger partial charge in [0.1, 0.15) is 0 Å². The van der Waals surface area contributed by atoms with Gasteiger partial charge in [0.25, 0.3) is 0 Å². The Morgan fingerprint density at radius 3 is 1.42 bits per heavy atom. The third-order valence-corrected chi connectivity index (χ3v) is 2.04. The van der Waals surface area contributed by atoms with Gasteiger partial charge < -0.3 is 10.2 Å². The Morgan fingerprint density at radius 2 is 1.33 bits per heavy atom. The lowest BCUT2D eigenvalue weighted by Crippen LogP contribution is -2.32. The Hall–Kier alpha value is -0.0800. The highest BCUT2D eigenvalue weighted by atomic mass is 15.1. The fraction of sp³-hybridized carbons (Fsp3) is 1.00. The van der Waals surface area contributed by atoms with Gasteiger partial charge in [-0.3, -0.25) is 0 Å². The molecule has 2 fully saturated rings. The minimum Gasteiger partial charge on any atom is -0.317 e. The van der Waals surface area contributed by atoms with E-state index >= 15 is 0 Å². The van der Waals surface area contributed by atoms with Crippen molar-refractivity contribution in [1.29, 1.82) is 0 Å². The smallest absolute Gasteiger partial charge is 0.000959 e. The maximum absolute atomic E-state index is 3.22. The van der Waals surface area contributed by atoms with Crippen LogP contribution in [0, 0.1) is 0 Å². The van der Waals surface area contributed by atoms with Crippen LogP contribution in [0.25, 0.3) is 0 Å². The Kier molecular flexibility index (Phi) is 8.95. The minimum absolute atomic E-state index is 1.25. The molecule has 0 spiro atoms. The molecule has 2 saturated heterocycles. The van der Waals surface area contributed by atoms with Crippen LogP contribution >= 0.6 is 0 Å². The van der Waals surface area contributed by atoms with Gasteiger partial charge in [0.05, 0.1) is 0 Å². The molecule has 0 aromatic carbocycles. The molecule has 0 aliphatic carbocycles. The van der Waals surface area contributed by atoms with E-state index in [2.05, 4.69) is 17.3 Å². The molecule has 12 heavy (non-hydrogen) atoms. The predicted octanol–water partition coefficient (Wildman–Crippen LogP) is 1.72.